The van der Waals surface area contributed by atoms with Gasteiger partial charge in [0.1, 0.15) is 11.8 Å². The van der Waals surface area contributed by atoms with Crippen molar-refractivity contribution >= 4 is 21.9 Å². The Balaban J connectivity index is 1.82. The number of ether oxygens (including phenoxy) is 1. The Hall–Kier alpha value is -1.07. The highest BCUT2D eigenvalue weighted by Gasteiger charge is 2.47. The van der Waals surface area contributed by atoms with E-state index < -0.39 is 5.97 Å². The molecule has 3 rings (SSSR count). The summed E-state index contributed by atoms with van der Waals surface area (Å²) in [6, 6.07) is 5.51. The summed E-state index contributed by atoms with van der Waals surface area (Å²) in [5.41, 5.74) is 1.08. The van der Waals surface area contributed by atoms with Crippen molar-refractivity contribution in [3.8, 4) is 5.75 Å². The monoisotopic (exact) mass is 353 g/mol. The third kappa shape index (κ3) is 2.81. The lowest BCUT2D eigenvalue weighted by atomic mass is 9.94. The molecule has 0 radical (unpaired) electrons. The average Bonchev–Trinajstić information content (AvgIpc) is 3.00. The number of likely N-dealkylation sites (tertiary alicyclic amines) is 1. The van der Waals surface area contributed by atoms with Crippen molar-refractivity contribution < 1.29 is 14.6 Å². The van der Waals surface area contributed by atoms with Gasteiger partial charge in [-0.2, -0.15) is 0 Å². The molecule has 1 N–H and O–H groups in total. The van der Waals surface area contributed by atoms with Crippen LogP contribution in [0.3, 0.4) is 0 Å². The van der Waals surface area contributed by atoms with E-state index in [0.717, 1.165) is 28.8 Å². The standard InChI is InChI=1S/C16H20BrNO3/c1-21-12-5-6-14(17)11(7-12)9-18-8-10-3-2-4-13(10)15(18)16(19)20/h5-7,10,13,15H,2-4,8-9H2,1H3,(H,19,20). The molecule has 0 spiro atoms. The third-order valence-corrected chi connectivity index (χ3v) is 5.64. The Morgan fingerprint density at radius 2 is 2.29 bits per heavy atom. The summed E-state index contributed by atoms with van der Waals surface area (Å²) in [4.78, 5) is 13.8. The maximum Gasteiger partial charge on any atom is 0.321 e. The first-order valence-corrected chi connectivity index (χ1v) is 8.18. The number of benzene rings is 1. The molecule has 3 unspecified atom stereocenters. The smallest absolute Gasteiger partial charge is 0.321 e. The molecule has 0 aromatic heterocycles. The number of methoxy groups -OCH3 is 1. The van der Waals surface area contributed by atoms with Gasteiger partial charge in [0.25, 0.3) is 0 Å². The van der Waals surface area contributed by atoms with Crippen LogP contribution >= 0.6 is 15.9 Å². The lowest BCUT2D eigenvalue weighted by Crippen LogP contribution is -2.39. The van der Waals surface area contributed by atoms with Gasteiger partial charge in [0.2, 0.25) is 0 Å². The molecule has 114 valence electrons. The number of carboxylic acid groups (broad SMARTS) is 1. The van der Waals surface area contributed by atoms with E-state index in [1.807, 2.05) is 18.2 Å². The molecular weight excluding hydrogens is 334 g/mol. The maximum absolute atomic E-state index is 11.7. The molecule has 1 saturated carbocycles. The van der Waals surface area contributed by atoms with Gasteiger partial charge in [-0.15, -0.1) is 0 Å². The fraction of sp³-hybridized carbons (Fsp3) is 0.562. The SMILES string of the molecule is COc1ccc(Br)c(CN2CC3CCCC3C2C(=O)O)c1. The Bertz CT molecular complexity index is 548. The highest BCUT2D eigenvalue weighted by Crippen LogP contribution is 2.43. The Morgan fingerprint density at radius 3 is 3.00 bits per heavy atom. The Kier molecular flexibility index (Phi) is 4.22. The van der Waals surface area contributed by atoms with Crippen molar-refractivity contribution in [2.45, 2.75) is 31.8 Å². The van der Waals surface area contributed by atoms with E-state index in [4.69, 9.17) is 4.74 Å². The summed E-state index contributed by atoms with van der Waals surface area (Å²) >= 11 is 3.56. The molecule has 1 aliphatic heterocycles. The molecule has 1 aromatic carbocycles. The van der Waals surface area contributed by atoms with Gasteiger partial charge in [-0.05, 0) is 48.4 Å². The molecular formula is C16H20BrNO3. The van der Waals surface area contributed by atoms with Gasteiger partial charge in [-0.3, -0.25) is 9.69 Å². The van der Waals surface area contributed by atoms with Crippen LogP contribution < -0.4 is 4.74 Å². The molecule has 1 aromatic rings. The van der Waals surface area contributed by atoms with E-state index >= 15 is 0 Å². The van der Waals surface area contributed by atoms with Crippen molar-refractivity contribution in [2.75, 3.05) is 13.7 Å². The first-order valence-electron chi connectivity index (χ1n) is 7.39. The number of nitrogens with zero attached hydrogens (tertiary/aromatic N) is 1. The van der Waals surface area contributed by atoms with E-state index in [1.54, 1.807) is 7.11 Å². The van der Waals surface area contributed by atoms with E-state index in [2.05, 4.69) is 20.8 Å². The molecule has 1 aliphatic carbocycles. The summed E-state index contributed by atoms with van der Waals surface area (Å²) in [5.74, 6) is 1.00. The minimum absolute atomic E-state index is 0.326. The molecule has 2 aliphatic rings. The number of aliphatic carboxylic acids is 1. The van der Waals surface area contributed by atoms with Crippen LogP contribution in [0.15, 0.2) is 22.7 Å². The van der Waals surface area contributed by atoms with Crippen LogP contribution in [0.5, 0.6) is 5.75 Å². The highest BCUT2D eigenvalue weighted by atomic mass is 79.9. The van der Waals surface area contributed by atoms with E-state index in [9.17, 15) is 9.90 Å². The second-order valence-corrected chi connectivity index (χ2v) is 6.88. The minimum atomic E-state index is -0.677. The molecule has 1 saturated heterocycles. The largest absolute Gasteiger partial charge is 0.497 e. The summed E-state index contributed by atoms with van der Waals surface area (Å²) in [6.07, 6.45) is 3.40. The molecule has 1 heterocycles. The van der Waals surface area contributed by atoms with E-state index in [-0.39, 0.29) is 6.04 Å². The van der Waals surface area contributed by atoms with Crippen LogP contribution in [-0.4, -0.2) is 35.7 Å². The predicted octanol–water partition coefficient (Wildman–Crippen LogP) is 3.14. The summed E-state index contributed by atoms with van der Waals surface area (Å²) in [7, 11) is 1.65. The van der Waals surface area contributed by atoms with Crippen LogP contribution in [0.25, 0.3) is 0 Å². The lowest BCUT2D eigenvalue weighted by Gasteiger charge is -2.24. The molecule has 2 fully saturated rings. The van der Waals surface area contributed by atoms with Gasteiger partial charge < -0.3 is 9.84 Å². The maximum atomic E-state index is 11.7. The van der Waals surface area contributed by atoms with Crippen molar-refractivity contribution in [3.63, 3.8) is 0 Å². The van der Waals surface area contributed by atoms with Crippen LogP contribution in [-0.2, 0) is 11.3 Å². The van der Waals surface area contributed by atoms with Gasteiger partial charge in [0.15, 0.2) is 0 Å². The van der Waals surface area contributed by atoms with Gasteiger partial charge >= 0.3 is 5.97 Å². The normalized spacial score (nSPS) is 28.6. The van der Waals surface area contributed by atoms with Crippen LogP contribution in [0, 0.1) is 11.8 Å². The average molecular weight is 354 g/mol. The van der Waals surface area contributed by atoms with Crippen LogP contribution in [0.1, 0.15) is 24.8 Å². The fourth-order valence-electron chi connectivity index (χ4n) is 3.91. The fourth-order valence-corrected chi connectivity index (χ4v) is 4.29. The summed E-state index contributed by atoms with van der Waals surface area (Å²) in [5, 5.41) is 9.60. The predicted molar refractivity (Wildman–Crippen MR) is 83.4 cm³/mol. The zero-order chi connectivity index (χ0) is 15.0. The van der Waals surface area contributed by atoms with Gasteiger partial charge in [-0.25, -0.2) is 0 Å². The van der Waals surface area contributed by atoms with Crippen LogP contribution in [0.2, 0.25) is 0 Å². The van der Waals surface area contributed by atoms with Gasteiger partial charge in [0.05, 0.1) is 7.11 Å². The zero-order valence-corrected chi connectivity index (χ0v) is 13.7. The summed E-state index contributed by atoms with van der Waals surface area (Å²) in [6.45, 7) is 1.55. The molecule has 21 heavy (non-hydrogen) atoms. The molecule has 0 amide bonds. The quantitative estimate of drug-likeness (QED) is 0.903. The van der Waals surface area contributed by atoms with Crippen molar-refractivity contribution in [3.05, 3.63) is 28.2 Å². The zero-order valence-electron chi connectivity index (χ0n) is 12.1. The summed E-state index contributed by atoms with van der Waals surface area (Å²) < 4.78 is 6.27. The second-order valence-electron chi connectivity index (χ2n) is 6.02. The first-order chi connectivity index (χ1) is 10.1. The van der Waals surface area contributed by atoms with Crippen molar-refractivity contribution in [1.82, 2.24) is 4.90 Å². The molecule has 5 heteroatoms. The second kappa shape index (κ2) is 5.97. The highest BCUT2D eigenvalue weighted by molar-refractivity contribution is 9.10. The number of carbonyl (C=O) groups is 1. The number of rotatable bonds is 4. The Morgan fingerprint density at radius 1 is 1.48 bits per heavy atom. The molecule has 4 nitrogen and oxygen atoms in total. The van der Waals surface area contributed by atoms with Crippen LogP contribution in [0.4, 0.5) is 0 Å². The topological polar surface area (TPSA) is 49.8 Å². The molecule has 0 bridgehead atoms. The van der Waals surface area contributed by atoms with E-state index in [1.165, 1.54) is 12.8 Å². The number of halogens is 1. The van der Waals surface area contributed by atoms with E-state index in [0.29, 0.717) is 18.4 Å². The van der Waals surface area contributed by atoms with Gasteiger partial charge in [-0.1, -0.05) is 22.4 Å². The molecule has 3 atom stereocenters. The van der Waals surface area contributed by atoms with Gasteiger partial charge in [0, 0.05) is 17.6 Å². The minimum Gasteiger partial charge on any atom is -0.497 e. The van der Waals surface area contributed by atoms with Crippen molar-refractivity contribution in [2.24, 2.45) is 11.8 Å². The Labute approximate surface area is 133 Å². The number of hydrogen-bond donors (Lipinski definition) is 1. The number of carboxylic acids is 1. The number of fused-ring (bicyclic) bond motifs is 1. The lowest BCUT2D eigenvalue weighted by molar-refractivity contribution is -0.143. The number of hydrogen-bond acceptors (Lipinski definition) is 3. The first kappa shape index (κ1) is 14.9. The van der Waals surface area contributed by atoms with Crippen molar-refractivity contribution in [1.29, 1.82) is 0 Å². The third-order valence-electron chi connectivity index (χ3n) is 4.87.